The van der Waals surface area contributed by atoms with Crippen molar-refractivity contribution in [3.8, 4) is 6.07 Å². The Morgan fingerprint density at radius 1 is 1.52 bits per heavy atom. The van der Waals surface area contributed by atoms with Crippen molar-refractivity contribution in [1.29, 1.82) is 5.26 Å². The fraction of sp³-hybridized carbons (Fsp3) is 0.385. The highest BCUT2D eigenvalue weighted by Crippen LogP contribution is 2.18. The minimum atomic E-state index is -3.79. The monoisotopic (exact) mass is 310 g/mol. The van der Waals surface area contributed by atoms with E-state index in [1.54, 1.807) is 18.2 Å². The molecule has 1 atom stereocenters. The number of nitrogens with zero attached hydrogens (tertiary/aromatic N) is 2. The first-order valence-corrected chi connectivity index (χ1v) is 7.84. The van der Waals surface area contributed by atoms with Crippen molar-refractivity contribution >= 4 is 16.0 Å². The number of nitriles is 1. The van der Waals surface area contributed by atoms with Gasteiger partial charge in [-0.05, 0) is 17.7 Å². The van der Waals surface area contributed by atoms with Crippen LogP contribution in [0.15, 0.2) is 24.3 Å². The van der Waals surface area contributed by atoms with Crippen LogP contribution in [0.3, 0.4) is 0 Å². The molecule has 1 fully saturated rings. The molecule has 21 heavy (non-hydrogen) atoms. The summed E-state index contributed by atoms with van der Waals surface area (Å²) in [6.07, 6.45) is 0. The molecular formula is C13H14N2O5S. The van der Waals surface area contributed by atoms with Crippen LogP contribution in [0.5, 0.6) is 0 Å². The Morgan fingerprint density at radius 3 is 2.95 bits per heavy atom. The number of carboxylic acid groups (broad SMARTS) is 1. The van der Waals surface area contributed by atoms with Crippen molar-refractivity contribution in [1.82, 2.24) is 4.31 Å². The minimum absolute atomic E-state index is 0.0112. The molecule has 1 heterocycles. The van der Waals surface area contributed by atoms with Crippen molar-refractivity contribution in [2.75, 3.05) is 19.8 Å². The Labute approximate surface area is 122 Å². The summed E-state index contributed by atoms with van der Waals surface area (Å²) in [6, 6.07) is 6.97. The van der Waals surface area contributed by atoms with Gasteiger partial charge in [0.15, 0.2) is 0 Å². The van der Waals surface area contributed by atoms with Crippen LogP contribution >= 0.6 is 0 Å². The van der Waals surface area contributed by atoms with E-state index in [0.717, 1.165) is 4.31 Å². The van der Waals surface area contributed by atoms with Gasteiger partial charge in [0, 0.05) is 6.54 Å². The molecule has 0 spiro atoms. The minimum Gasteiger partial charge on any atom is -0.480 e. The molecule has 2 rings (SSSR count). The smallest absolute Gasteiger partial charge is 0.324 e. The number of sulfonamides is 1. The zero-order chi connectivity index (χ0) is 15.5. The number of hydrogen-bond acceptors (Lipinski definition) is 5. The molecule has 0 radical (unpaired) electrons. The van der Waals surface area contributed by atoms with Gasteiger partial charge in [-0.25, -0.2) is 8.42 Å². The Hall–Kier alpha value is -1.95. The van der Waals surface area contributed by atoms with Gasteiger partial charge >= 0.3 is 5.97 Å². The van der Waals surface area contributed by atoms with Gasteiger partial charge in [-0.15, -0.1) is 0 Å². The summed E-state index contributed by atoms with van der Waals surface area (Å²) >= 11 is 0. The summed E-state index contributed by atoms with van der Waals surface area (Å²) in [5.74, 6) is -1.57. The average Bonchev–Trinajstić information content (AvgIpc) is 2.47. The van der Waals surface area contributed by atoms with E-state index in [1.807, 2.05) is 6.07 Å². The predicted octanol–water partition coefficient (Wildman–Crippen LogP) is 0.173. The van der Waals surface area contributed by atoms with E-state index in [1.165, 1.54) is 6.07 Å². The molecule has 7 nitrogen and oxygen atoms in total. The van der Waals surface area contributed by atoms with Crippen molar-refractivity contribution in [2.45, 2.75) is 11.8 Å². The maximum Gasteiger partial charge on any atom is 0.324 e. The van der Waals surface area contributed by atoms with E-state index in [0.29, 0.717) is 11.1 Å². The number of ether oxygens (including phenoxy) is 1. The highest BCUT2D eigenvalue weighted by Gasteiger charge is 2.37. The van der Waals surface area contributed by atoms with Gasteiger partial charge in [-0.1, -0.05) is 12.1 Å². The third-order valence-corrected chi connectivity index (χ3v) is 4.98. The molecule has 0 aromatic heterocycles. The Kier molecular flexibility index (Phi) is 4.57. The van der Waals surface area contributed by atoms with Crippen LogP contribution in [0.4, 0.5) is 0 Å². The Balaban J connectivity index is 2.24. The molecule has 1 saturated heterocycles. The number of benzene rings is 1. The maximum absolute atomic E-state index is 12.4. The second kappa shape index (κ2) is 6.22. The predicted molar refractivity (Wildman–Crippen MR) is 72.7 cm³/mol. The number of carbonyl (C=O) groups is 1. The van der Waals surface area contributed by atoms with Gasteiger partial charge in [-0.3, -0.25) is 4.79 Å². The molecule has 1 aliphatic rings. The third kappa shape index (κ3) is 3.58. The molecule has 1 aromatic rings. The molecular weight excluding hydrogens is 296 g/mol. The van der Waals surface area contributed by atoms with Gasteiger partial charge in [0.2, 0.25) is 10.0 Å². The summed E-state index contributed by atoms with van der Waals surface area (Å²) in [5.41, 5.74) is 0.809. The zero-order valence-electron chi connectivity index (χ0n) is 11.1. The summed E-state index contributed by atoms with van der Waals surface area (Å²) < 4.78 is 30.8. The topological polar surface area (TPSA) is 108 Å². The Bertz CT molecular complexity index is 680. The molecule has 0 saturated carbocycles. The maximum atomic E-state index is 12.4. The highest BCUT2D eigenvalue weighted by molar-refractivity contribution is 7.88. The largest absolute Gasteiger partial charge is 0.480 e. The van der Waals surface area contributed by atoms with E-state index in [-0.39, 0.29) is 25.5 Å². The first-order valence-electron chi connectivity index (χ1n) is 6.23. The number of aliphatic carboxylic acids is 1. The second-order valence-corrected chi connectivity index (χ2v) is 6.53. The van der Waals surface area contributed by atoms with Crippen LogP contribution in [0.2, 0.25) is 0 Å². The standard InChI is InChI=1S/C13H14N2O5S/c14-7-10-2-1-3-11(6-10)9-21(18,19)15-4-5-20-8-12(15)13(16)17/h1-3,6,12H,4-5,8-9H2,(H,16,17). The quantitative estimate of drug-likeness (QED) is 0.849. The lowest BCUT2D eigenvalue weighted by atomic mass is 10.2. The first-order chi connectivity index (χ1) is 9.94. The normalized spacial score (nSPS) is 19.9. The van der Waals surface area contributed by atoms with E-state index >= 15 is 0 Å². The molecule has 112 valence electrons. The lowest BCUT2D eigenvalue weighted by molar-refractivity contribution is -0.146. The summed E-state index contributed by atoms with van der Waals surface area (Å²) in [5, 5.41) is 17.9. The molecule has 1 aliphatic heterocycles. The van der Waals surface area contributed by atoms with Crippen LogP contribution in [0, 0.1) is 11.3 Å². The van der Waals surface area contributed by atoms with Crippen LogP contribution in [-0.4, -0.2) is 49.6 Å². The van der Waals surface area contributed by atoms with Crippen molar-refractivity contribution in [3.63, 3.8) is 0 Å². The van der Waals surface area contributed by atoms with E-state index in [4.69, 9.17) is 15.1 Å². The summed E-state index contributed by atoms with van der Waals surface area (Å²) in [4.78, 5) is 11.1. The number of carboxylic acids is 1. The van der Waals surface area contributed by atoms with Crippen LogP contribution in [-0.2, 0) is 25.3 Å². The number of rotatable bonds is 4. The van der Waals surface area contributed by atoms with Crippen molar-refractivity contribution in [2.24, 2.45) is 0 Å². The second-order valence-electron chi connectivity index (χ2n) is 4.61. The SMILES string of the molecule is N#Cc1cccc(CS(=O)(=O)N2CCOCC2C(=O)O)c1. The van der Waals surface area contributed by atoms with Gasteiger partial charge in [0.1, 0.15) is 6.04 Å². The molecule has 1 N–H and O–H groups in total. The van der Waals surface area contributed by atoms with Gasteiger partial charge < -0.3 is 9.84 Å². The summed E-state index contributed by atoms with van der Waals surface area (Å²) in [6.45, 7) is 0.0191. The lowest BCUT2D eigenvalue weighted by Gasteiger charge is -2.31. The van der Waals surface area contributed by atoms with Crippen LogP contribution in [0.1, 0.15) is 11.1 Å². The van der Waals surface area contributed by atoms with E-state index in [2.05, 4.69) is 0 Å². The van der Waals surface area contributed by atoms with Crippen LogP contribution < -0.4 is 0 Å². The highest BCUT2D eigenvalue weighted by atomic mass is 32.2. The molecule has 8 heteroatoms. The molecule has 1 unspecified atom stereocenters. The zero-order valence-corrected chi connectivity index (χ0v) is 11.9. The first kappa shape index (κ1) is 15.4. The molecule has 0 aliphatic carbocycles. The Morgan fingerprint density at radius 2 is 2.29 bits per heavy atom. The van der Waals surface area contributed by atoms with Gasteiger partial charge in [-0.2, -0.15) is 9.57 Å². The molecule has 0 amide bonds. The van der Waals surface area contributed by atoms with E-state index in [9.17, 15) is 13.2 Å². The fourth-order valence-electron chi connectivity index (χ4n) is 2.14. The van der Waals surface area contributed by atoms with Crippen molar-refractivity contribution in [3.05, 3.63) is 35.4 Å². The number of hydrogen-bond donors (Lipinski definition) is 1. The fourth-order valence-corrected chi connectivity index (χ4v) is 3.80. The van der Waals surface area contributed by atoms with Gasteiger partial charge in [0.05, 0.1) is 30.6 Å². The average molecular weight is 310 g/mol. The van der Waals surface area contributed by atoms with Crippen molar-refractivity contribution < 1.29 is 23.1 Å². The molecule has 0 bridgehead atoms. The van der Waals surface area contributed by atoms with E-state index < -0.39 is 22.0 Å². The third-order valence-electron chi connectivity index (χ3n) is 3.13. The lowest BCUT2D eigenvalue weighted by Crippen LogP contribution is -2.52. The summed E-state index contributed by atoms with van der Waals surface area (Å²) in [7, 11) is -3.79. The number of morpholine rings is 1. The van der Waals surface area contributed by atoms with Gasteiger partial charge in [0.25, 0.3) is 0 Å². The van der Waals surface area contributed by atoms with Crippen LogP contribution in [0.25, 0.3) is 0 Å². The molecule has 1 aromatic carbocycles.